The second kappa shape index (κ2) is 7.86. The number of amides is 1. The van der Waals surface area contributed by atoms with Crippen LogP contribution in [0.3, 0.4) is 0 Å². The quantitative estimate of drug-likeness (QED) is 0.904. The van der Waals surface area contributed by atoms with Crippen molar-refractivity contribution in [2.75, 3.05) is 13.1 Å². The number of carbonyl (C=O) groups excluding carboxylic acids is 1. The largest absolute Gasteiger partial charge is 0.416 e. The van der Waals surface area contributed by atoms with E-state index in [1.54, 1.807) is 6.20 Å². The van der Waals surface area contributed by atoms with Crippen molar-refractivity contribution in [2.24, 2.45) is 0 Å². The molecule has 0 saturated carbocycles. The third-order valence-corrected chi connectivity index (χ3v) is 4.49. The average molecular weight is 363 g/mol. The molecule has 1 N–H and O–H groups in total. The SMILES string of the molecule is O=C(NC1CCN(Cc2ccccn2)CC1)c1cccc(C(F)(F)F)c1. The standard InChI is InChI=1S/C19H20F3N3O/c20-19(21,22)15-5-3-4-14(12-15)18(26)24-16-7-10-25(11-8-16)13-17-6-1-2-9-23-17/h1-6,9,12,16H,7-8,10-11,13H2,(H,24,26). The van der Waals surface area contributed by atoms with Gasteiger partial charge < -0.3 is 5.32 Å². The summed E-state index contributed by atoms with van der Waals surface area (Å²) in [5, 5.41) is 2.85. The number of nitrogens with zero attached hydrogens (tertiary/aromatic N) is 2. The van der Waals surface area contributed by atoms with E-state index in [2.05, 4.69) is 15.2 Å². The van der Waals surface area contributed by atoms with Crippen LogP contribution in [0, 0.1) is 0 Å². The van der Waals surface area contributed by atoms with E-state index in [0.29, 0.717) is 0 Å². The number of nitrogens with one attached hydrogen (secondary N) is 1. The fraction of sp³-hybridized carbons (Fsp3) is 0.368. The fourth-order valence-electron chi connectivity index (χ4n) is 3.06. The molecule has 0 spiro atoms. The minimum atomic E-state index is -4.45. The Kier molecular flexibility index (Phi) is 5.56. The van der Waals surface area contributed by atoms with Gasteiger partial charge >= 0.3 is 6.18 Å². The minimum Gasteiger partial charge on any atom is -0.349 e. The molecule has 2 heterocycles. The van der Waals surface area contributed by atoms with E-state index in [9.17, 15) is 18.0 Å². The molecule has 1 aromatic carbocycles. The van der Waals surface area contributed by atoms with Gasteiger partial charge in [0.2, 0.25) is 0 Å². The van der Waals surface area contributed by atoms with E-state index in [1.807, 2.05) is 18.2 Å². The van der Waals surface area contributed by atoms with E-state index >= 15 is 0 Å². The van der Waals surface area contributed by atoms with Gasteiger partial charge in [-0.05, 0) is 43.2 Å². The van der Waals surface area contributed by atoms with Crippen molar-refractivity contribution in [3.8, 4) is 0 Å². The minimum absolute atomic E-state index is 0.0305. The van der Waals surface area contributed by atoms with Crippen LogP contribution >= 0.6 is 0 Å². The summed E-state index contributed by atoms with van der Waals surface area (Å²) in [6.45, 7) is 2.38. The van der Waals surface area contributed by atoms with Gasteiger partial charge in [-0.25, -0.2) is 0 Å². The van der Waals surface area contributed by atoms with Crippen LogP contribution in [0.25, 0.3) is 0 Å². The van der Waals surface area contributed by atoms with Crippen LogP contribution in [0.15, 0.2) is 48.7 Å². The van der Waals surface area contributed by atoms with Crippen LogP contribution in [0.5, 0.6) is 0 Å². The van der Waals surface area contributed by atoms with Gasteiger partial charge in [-0.15, -0.1) is 0 Å². The molecular weight excluding hydrogens is 343 g/mol. The zero-order chi connectivity index (χ0) is 18.6. The van der Waals surface area contributed by atoms with Gasteiger partial charge in [-0.2, -0.15) is 13.2 Å². The first-order valence-corrected chi connectivity index (χ1v) is 8.52. The van der Waals surface area contributed by atoms with Gasteiger partial charge in [0.25, 0.3) is 5.91 Å². The maximum Gasteiger partial charge on any atom is 0.416 e. The molecule has 0 unspecified atom stereocenters. The number of carbonyl (C=O) groups is 1. The van der Waals surface area contributed by atoms with Gasteiger partial charge in [-0.1, -0.05) is 12.1 Å². The molecule has 3 rings (SSSR count). The van der Waals surface area contributed by atoms with Gasteiger partial charge in [0.05, 0.1) is 11.3 Å². The van der Waals surface area contributed by atoms with E-state index in [4.69, 9.17) is 0 Å². The zero-order valence-corrected chi connectivity index (χ0v) is 14.2. The predicted octanol–water partition coefficient (Wildman–Crippen LogP) is 3.49. The van der Waals surface area contributed by atoms with Crippen LogP contribution < -0.4 is 5.32 Å². The number of hydrogen-bond donors (Lipinski definition) is 1. The van der Waals surface area contributed by atoms with Crippen LogP contribution in [0.1, 0.15) is 34.5 Å². The van der Waals surface area contributed by atoms with Crippen LogP contribution in [0.2, 0.25) is 0 Å². The molecule has 1 fully saturated rings. The van der Waals surface area contributed by atoms with Crippen LogP contribution in [-0.4, -0.2) is 34.9 Å². The van der Waals surface area contributed by atoms with Crippen LogP contribution in [-0.2, 0) is 12.7 Å². The molecule has 1 aliphatic rings. The summed E-state index contributed by atoms with van der Waals surface area (Å²) in [4.78, 5) is 18.8. The lowest BCUT2D eigenvalue weighted by molar-refractivity contribution is -0.137. The fourth-order valence-corrected chi connectivity index (χ4v) is 3.06. The highest BCUT2D eigenvalue weighted by atomic mass is 19.4. The van der Waals surface area contributed by atoms with E-state index in [0.717, 1.165) is 50.3 Å². The Morgan fingerprint density at radius 3 is 2.58 bits per heavy atom. The Hall–Kier alpha value is -2.41. The maximum atomic E-state index is 12.8. The first-order chi connectivity index (χ1) is 12.4. The Balaban J connectivity index is 1.52. The van der Waals surface area contributed by atoms with Crippen LogP contribution in [0.4, 0.5) is 13.2 Å². The van der Waals surface area contributed by atoms with Crippen molar-refractivity contribution in [1.29, 1.82) is 0 Å². The smallest absolute Gasteiger partial charge is 0.349 e. The summed E-state index contributed by atoms with van der Waals surface area (Å²) < 4.78 is 38.3. The number of aromatic nitrogens is 1. The molecule has 0 aliphatic carbocycles. The number of halogens is 3. The normalized spacial score (nSPS) is 16.4. The lowest BCUT2D eigenvalue weighted by atomic mass is 10.0. The maximum absolute atomic E-state index is 12.8. The number of likely N-dealkylation sites (tertiary alicyclic amines) is 1. The Bertz CT molecular complexity index is 741. The second-order valence-corrected chi connectivity index (χ2v) is 6.42. The van der Waals surface area contributed by atoms with Crippen molar-refractivity contribution < 1.29 is 18.0 Å². The molecule has 0 atom stereocenters. The predicted molar refractivity (Wildman–Crippen MR) is 91.4 cm³/mol. The zero-order valence-electron chi connectivity index (χ0n) is 14.2. The Labute approximate surface area is 150 Å². The number of piperidine rings is 1. The van der Waals surface area contributed by atoms with Crippen molar-refractivity contribution in [2.45, 2.75) is 31.6 Å². The summed E-state index contributed by atoms with van der Waals surface area (Å²) in [5.41, 5.74) is 0.227. The van der Waals surface area contributed by atoms with Crippen molar-refractivity contribution in [3.05, 3.63) is 65.5 Å². The first-order valence-electron chi connectivity index (χ1n) is 8.52. The third kappa shape index (κ3) is 4.82. The lowest BCUT2D eigenvalue weighted by Gasteiger charge is -2.32. The van der Waals surface area contributed by atoms with Crippen molar-refractivity contribution in [3.63, 3.8) is 0 Å². The summed E-state index contributed by atoms with van der Waals surface area (Å²) >= 11 is 0. The average Bonchev–Trinajstić information content (AvgIpc) is 2.63. The molecule has 2 aromatic rings. The van der Waals surface area contributed by atoms with Gasteiger partial charge in [0, 0.05) is 37.4 Å². The number of rotatable bonds is 4. The highest BCUT2D eigenvalue weighted by Crippen LogP contribution is 2.29. The van der Waals surface area contributed by atoms with E-state index in [-0.39, 0.29) is 11.6 Å². The molecule has 7 heteroatoms. The number of hydrogen-bond acceptors (Lipinski definition) is 3. The molecule has 138 valence electrons. The molecule has 0 bridgehead atoms. The van der Waals surface area contributed by atoms with Crippen molar-refractivity contribution in [1.82, 2.24) is 15.2 Å². The molecular formula is C19H20F3N3O. The molecule has 1 saturated heterocycles. The molecule has 1 aromatic heterocycles. The molecule has 1 aliphatic heterocycles. The Morgan fingerprint density at radius 1 is 1.15 bits per heavy atom. The van der Waals surface area contributed by atoms with Crippen molar-refractivity contribution >= 4 is 5.91 Å². The first kappa shape index (κ1) is 18.4. The number of pyridine rings is 1. The number of benzene rings is 1. The summed E-state index contributed by atoms with van der Waals surface area (Å²) in [6, 6.07) is 10.3. The molecule has 0 radical (unpaired) electrons. The molecule has 4 nitrogen and oxygen atoms in total. The second-order valence-electron chi connectivity index (χ2n) is 6.42. The summed E-state index contributed by atoms with van der Waals surface area (Å²) in [6.07, 6.45) is -1.17. The van der Waals surface area contributed by atoms with Gasteiger partial charge in [0.15, 0.2) is 0 Å². The van der Waals surface area contributed by atoms with E-state index in [1.165, 1.54) is 12.1 Å². The Morgan fingerprint density at radius 2 is 1.92 bits per heavy atom. The monoisotopic (exact) mass is 363 g/mol. The highest BCUT2D eigenvalue weighted by molar-refractivity contribution is 5.94. The highest BCUT2D eigenvalue weighted by Gasteiger charge is 2.31. The summed E-state index contributed by atoms with van der Waals surface area (Å²) in [7, 11) is 0. The summed E-state index contributed by atoms with van der Waals surface area (Å²) in [5.74, 6) is -0.459. The van der Waals surface area contributed by atoms with Gasteiger partial charge in [-0.3, -0.25) is 14.7 Å². The topological polar surface area (TPSA) is 45.2 Å². The van der Waals surface area contributed by atoms with Gasteiger partial charge in [0.1, 0.15) is 0 Å². The number of alkyl halides is 3. The lowest BCUT2D eigenvalue weighted by Crippen LogP contribution is -2.44. The molecule has 1 amide bonds. The molecule has 26 heavy (non-hydrogen) atoms. The van der Waals surface area contributed by atoms with E-state index < -0.39 is 17.6 Å². The third-order valence-electron chi connectivity index (χ3n) is 4.49.